The van der Waals surface area contributed by atoms with Crippen LogP contribution in [0.1, 0.15) is 45.1 Å². The van der Waals surface area contributed by atoms with Crippen LogP contribution in [0.4, 0.5) is 0 Å². The predicted octanol–water partition coefficient (Wildman–Crippen LogP) is 4.97. The quantitative estimate of drug-likeness (QED) is 0.426. The minimum Gasteiger partial charge on any atom is -0.508 e. The number of phenols is 2. The van der Waals surface area contributed by atoms with Crippen LogP contribution in [0, 0.1) is 5.92 Å². The Morgan fingerprint density at radius 1 is 1.11 bits per heavy atom. The number of aromatic hydroxyl groups is 2. The van der Waals surface area contributed by atoms with Crippen molar-refractivity contribution in [2.75, 3.05) is 0 Å². The molecule has 0 amide bonds. The first-order valence-corrected chi connectivity index (χ1v) is 9.58. The number of hydrogen-bond donors (Lipinski definition) is 2. The molecule has 5 rings (SSSR count). The van der Waals surface area contributed by atoms with E-state index in [0.29, 0.717) is 16.7 Å². The molecule has 1 aromatic heterocycles. The first-order chi connectivity index (χ1) is 13.3. The third kappa shape index (κ3) is 2.28. The monoisotopic (exact) mass is 378 g/mol. The van der Waals surface area contributed by atoms with E-state index in [9.17, 15) is 15.0 Å². The smallest absolute Gasteiger partial charge is 0.204 e. The molecular formula is C23H22O5. The minimum atomic E-state index is -0.340. The van der Waals surface area contributed by atoms with Gasteiger partial charge in [-0.15, -0.1) is 0 Å². The maximum Gasteiger partial charge on any atom is 0.204 e. The van der Waals surface area contributed by atoms with Gasteiger partial charge in [0, 0.05) is 29.5 Å². The van der Waals surface area contributed by atoms with Crippen LogP contribution in [0.2, 0.25) is 0 Å². The van der Waals surface area contributed by atoms with Crippen molar-refractivity contribution < 1.29 is 19.4 Å². The van der Waals surface area contributed by atoms with Crippen LogP contribution in [0.15, 0.2) is 45.1 Å². The average Bonchev–Trinajstić information content (AvgIpc) is 2.60. The minimum absolute atomic E-state index is 0.0517. The van der Waals surface area contributed by atoms with Gasteiger partial charge < -0.3 is 19.4 Å². The summed E-state index contributed by atoms with van der Waals surface area (Å²) in [5.41, 5.74) is 2.10. The molecule has 2 N–H and O–H groups in total. The Labute approximate surface area is 161 Å². The summed E-state index contributed by atoms with van der Waals surface area (Å²) in [5.74, 6) is 0.553. The van der Waals surface area contributed by atoms with Gasteiger partial charge in [0.05, 0.1) is 5.39 Å². The fourth-order valence-electron chi connectivity index (χ4n) is 4.95. The van der Waals surface area contributed by atoms with Crippen molar-refractivity contribution in [3.05, 3.63) is 51.7 Å². The average molecular weight is 378 g/mol. The van der Waals surface area contributed by atoms with Gasteiger partial charge in [0.25, 0.3) is 0 Å². The van der Waals surface area contributed by atoms with Crippen molar-refractivity contribution in [1.82, 2.24) is 0 Å². The molecule has 0 saturated heterocycles. The van der Waals surface area contributed by atoms with Gasteiger partial charge in [-0.25, -0.2) is 0 Å². The van der Waals surface area contributed by atoms with Crippen LogP contribution in [0.3, 0.4) is 0 Å². The van der Waals surface area contributed by atoms with Crippen LogP contribution in [0.5, 0.6) is 17.2 Å². The topological polar surface area (TPSA) is 79.9 Å². The van der Waals surface area contributed by atoms with Crippen molar-refractivity contribution >= 4 is 21.9 Å². The Bertz CT molecular complexity index is 1230. The summed E-state index contributed by atoms with van der Waals surface area (Å²) in [5, 5.41) is 20.6. The highest BCUT2D eigenvalue weighted by molar-refractivity contribution is 5.96. The molecule has 3 aromatic rings. The van der Waals surface area contributed by atoms with Gasteiger partial charge in [-0.05, 0) is 45.7 Å². The lowest BCUT2D eigenvalue weighted by Crippen LogP contribution is -2.45. The van der Waals surface area contributed by atoms with Crippen molar-refractivity contribution in [2.45, 2.75) is 45.1 Å². The summed E-state index contributed by atoms with van der Waals surface area (Å²) in [6, 6.07) is 6.09. The van der Waals surface area contributed by atoms with Crippen LogP contribution in [-0.4, -0.2) is 15.8 Å². The molecule has 0 bridgehead atoms. The first kappa shape index (κ1) is 17.2. The van der Waals surface area contributed by atoms with E-state index in [-0.39, 0.29) is 45.3 Å². The third-order valence-corrected chi connectivity index (χ3v) is 6.25. The number of ether oxygens (including phenoxy) is 1. The van der Waals surface area contributed by atoms with E-state index in [4.69, 9.17) is 9.15 Å². The standard InChI is InChI=1S/C23H22O5/c1-11-4-5-14-13(8-11)19-17(28-23(14,2)3)7-6-16-21(19)22(26)20-15(25)9-12(24)10-18(20)27-16/h6-10,13-14,24-25H,4-5H2,1-3H3. The molecule has 2 heterocycles. The summed E-state index contributed by atoms with van der Waals surface area (Å²) in [7, 11) is 0. The van der Waals surface area contributed by atoms with E-state index in [1.54, 1.807) is 6.07 Å². The van der Waals surface area contributed by atoms with Crippen LogP contribution < -0.4 is 10.2 Å². The van der Waals surface area contributed by atoms with E-state index in [2.05, 4.69) is 26.8 Å². The Morgan fingerprint density at radius 2 is 1.89 bits per heavy atom. The third-order valence-electron chi connectivity index (χ3n) is 6.25. The van der Waals surface area contributed by atoms with Gasteiger partial charge in [0.1, 0.15) is 39.4 Å². The molecule has 2 aliphatic rings. The molecule has 2 atom stereocenters. The summed E-state index contributed by atoms with van der Waals surface area (Å²) in [4.78, 5) is 13.4. The fraction of sp³-hybridized carbons (Fsp3) is 0.348. The molecule has 5 nitrogen and oxygen atoms in total. The molecule has 144 valence electrons. The van der Waals surface area contributed by atoms with E-state index in [0.717, 1.165) is 24.5 Å². The molecule has 28 heavy (non-hydrogen) atoms. The highest BCUT2D eigenvalue weighted by Crippen LogP contribution is 2.52. The molecule has 5 heteroatoms. The molecule has 1 aliphatic carbocycles. The summed E-state index contributed by atoms with van der Waals surface area (Å²) in [6.45, 7) is 6.32. The fourth-order valence-corrected chi connectivity index (χ4v) is 4.95. The van der Waals surface area contributed by atoms with Crippen LogP contribution >= 0.6 is 0 Å². The number of hydrogen-bond acceptors (Lipinski definition) is 5. The number of phenolic OH excluding ortho intramolecular Hbond substituents is 2. The zero-order valence-electron chi connectivity index (χ0n) is 16.1. The number of benzene rings is 2. The molecule has 0 fully saturated rings. The van der Waals surface area contributed by atoms with E-state index in [1.807, 2.05) is 6.07 Å². The summed E-state index contributed by atoms with van der Waals surface area (Å²) < 4.78 is 12.3. The predicted molar refractivity (Wildman–Crippen MR) is 107 cm³/mol. The Hall–Kier alpha value is -2.95. The zero-order chi connectivity index (χ0) is 19.8. The summed E-state index contributed by atoms with van der Waals surface area (Å²) >= 11 is 0. The number of rotatable bonds is 0. The van der Waals surface area contributed by atoms with Crippen molar-refractivity contribution in [1.29, 1.82) is 0 Å². The van der Waals surface area contributed by atoms with Crippen molar-refractivity contribution in [2.24, 2.45) is 5.92 Å². The van der Waals surface area contributed by atoms with Gasteiger partial charge in [-0.2, -0.15) is 0 Å². The zero-order valence-corrected chi connectivity index (χ0v) is 16.1. The molecule has 0 spiro atoms. The van der Waals surface area contributed by atoms with E-state index in [1.165, 1.54) is 11.6 Å². The summed E-state index contributed by atoms with van der Waals surface area (Å²) in [6.07, 6.45) is 4.26. The normalized spacial score (nSPS) is 23.0. The highest BCUT2D eigenvalue weighted by Gasteiger charge is 2.45. The maximum atomic E-state index is 13.4. The number of fused-ring (bicyclic) bond motifs is 6. The second-order valence-electron chi connectivity index (χ2n) is 8.51. The first-order valence-electron chi connectivity index (χ1n) is 9.58. The lowest BCUT2D eigenvalue weighted by atomic mass is 9.67. The Balaban J connectivity index is 1.92. The van der Waals surface area contributed by atoms with Crippen molar-refractivity contribution in [3.8, 4) is 17.2 Å². The van der Waals surface area contributed by atoms with Gasteiger partial charge in [0.2, 0.25) is 5.43 Å². The SMILES string of the molecule is CC1=CC2c3c(ccc4oc5cc(O)cc(O)c5c(=O)c34)OC(C)(C)C2CC1. The van der Waals surface area contributed by atoms with Gasteiger partial charge in [-0.1, -0.05) is 11.6 Å². The van der Waals surface area contributed by atoms with E-state index < -0.39 is 0 Å². The molecular weight excluding hydrogens is 356 g/mol. The Kier molecular flexibility index (Phi) is 3.39. The molecule has 2 unspecified atom stereocenters. The van der Waals surface area contributed by atoms with E-state index >= 15 is 0 Å². The molecule has 0 radical (unpaired) electrons. The second-order valence-corrected chi connectivity index (χ2v) is 8.51. The van der Waals surface area contributed by atoms with Gasteiger partial charge >= 0.3 is 0 Å². The molecule has 2 aromatic carbocycles. The maximum absolute atomic E-state index is 13.4. The van der Waals surface area contributed by atoms with Crippen molar-refractivity contribution in [3.63, 3.8) is 0 Å². The van der Waals surface area contributed by atoms with Gasteiger partial charge in [-0.3, -0.25) is 4.79 Å². The van der Waals surface area contributed by atoms with Crippen LogP contribution in [-0.2, 0) is 0 Å². The largest absolute Gasteiger partial charge is 0.508 e. The van der Waals surface area contributed by atoms with Crippen LogP contribution in [0.25, 0.3) is 21.9 Å². The lowest BCUT2D eigenvalue weighted by Gasteiger charge is -2.46. The second kappa shape index (κ2) is 5.53. The highest BCUT2D eigenvalue weighted by atomic mass is 16.5. The Morgan fingerprint density at radius 3 is 2.68 bits per heavy atom. The number of allylic oxidation sites excluding steroid dienone is 2. The van der Waals surface area contributed by atoms with Gasteiger partial charge in [0.15, 0.2) is 0 Å². The molecule has 1 aliphatic heterocycles. The molecule has 0 saturated carbocycles. The lowest BCUT2D eigenvalue weighted by molar-refractivity contribution is 0.0122.